The molecule has 0 aromatic rings. The Balaban J connectivity index is 0.000000690. The Bertz CT molecular complexity index is 350. The monoisotopic (exact) mass is 342 g/mol. The summed E-state index contributed by atoms with van der Waals surface area (Å²) < 4.78 is 32.7. The van der Waals surface area contributed by atoms with Crippen LogP contribution in [-0.4, -0.2) is 22.1 Å². The lowest BCUT2D eigenvalue weighted by Crippen LogP contribution is -2.58. The molecule has 6 nitrogen and oxygen atoms in total. The van der Waals surface area contributed by atoms with Gasteiger partial charge < -0.3 is 5.32 Å². The minimum atomic E-state index is -4.69. The predicted molar refractivity (Wildman–Crippen MR) is 74.4 cm³/mol. The van der Waals surface area contributed by atoms with E-state index in [1.165, 1.54) is 32.1 Å². The lowest BCUT2D eigenvalue weighted by molar-refractivity contribution is -1.92. The molecule has 1 aliphatic carbocycles. The third-order valence-electron chi connectivity index (χ3n) is 2.64. The van der Waals surface area contributed by atoms with Crippen LogP contribution >= 0.6 is 11.6 Å². The molecule has 124 valence electrons. The molecule has 1 saturated carbocycles. The number of amidine groups is 1. The van der Waals surface area contributed by atoms with Gasteiger partial charge >= 0.3 is 0 Å². The minimum absolute atomic E-state index is 0.0225. The summed E-state index contributed by atoms with van der Waals surface area (Å²) in [6.07, 6.45) is 6.27. The normalized spacial score (nSPS) is 17.8. The molecule has 2 N–H and O–H groups in total. The highest BCUT2D eigenvalue weighted by molar-refractivity contribution is 6.42. The van der Waals surface area contributed by atoms with Crippen molar-refractivity contribution in [3.8, 4) is 0 Å². The first-order chi connectivity index (χ1) is 9.38. The molecule has 0 bridgehead atoms. The molecule has 0 aliphatic heterocycles. The second-order valence-corrected chi connectivity index (χ2v) is 7.19. The quantitative estimate of drug-likeness (QED) is 0.529. The zero-order chi connectivity index (χ0) is 16.7. The molecule has 1 aliphatic rings. The van der Waals surface area contributed by atoms with Gasteiger partial charge in [-0.2, -0.15) is 14.0 Å². The van der Waals surface area contributed by atoms with Crippen molar-refractivity contribution in [2.24, 2.45) is 4.99 Å². The molecular weight excluding hydrogens is 319 g/mol. The fourth-order valence-electron chi connectivity index (χ4n) is 1.92. The molecule has 0 radical (unpaired) electrons. The summed E-state index contributed by atoms with van der Waals surface area (Å²) in [6.45, 7) is 10.1. The molecular formula is C13H24Cl2N2O4. The molecule has 0 aromatic heterocycles. The van der Waals surface area contributed by atoms with Crippen LogP contribution in [0.1, 0.15) is 52.9 Å². The van der Waals surface area contributed by atoms with E-state index in [0.29, 0.717) is 11.1 Å². The van der Waals surface area contributed by atoms with Crippen LogP contribution in [0.3, 0.4) is 0 Å². The van der Waals surface area contributed by atoms with Crippen LogP contribution in [0, 0.1) is 10.2 Å². The van der Waals surface area contributed by atoms with Crippen LogP contribution in [0.25, 0.3) is 0 Å². The van der Waals surface area contributed by atoms with E-state index < -0.39 is 10.2 Å². The third kappa shape index (κ3) is 14.3. The SMILES string of the molecule is C=C(Cl)C(=NC1CCCCC1)NC(C)(C)C.[O-][Cl+3]([O-])([O-])O. The Morgan fingerprint density at radius 1 is 1.24 bits per heavy atom. The van der Waals surface area contributed by atoms with Crippen molar-refractivity contribution in [3.63, 3.8) is 0 Å². The summed E-state index contributed by atoms with van der Waals surface area (Å²) in [5.74, 6) is 0.765. The van der Waals surface area contributed by atoms with E-state index in [0.717, 1.165) is 5.84 Å². The predicted octanol–water partition coefficient (Wildman–Crippen LogP) is -0.266. The Morgan fingerprint density at radius 3 is 2.00 bits per heavy atom. The molecule has 0 amide bonds. The van der Waals surface area contributed by atoms with Crippen LogP contribution in [-0.2, 0) is 0 Å². The number of nitrogens with zero attached hydrogens (tertiary/aromatic N) is 1. The van der Waals surface area contributed by atoms with Gasteiger partial charge in [0.1, 0.15) is 5.84 Å². The smallest absolute Gasteiger partial charge is 0.140 e. The van der Waals surface area contributed by atoms with Crippen LogP contribution in [0.15, 0.2) is 16.6 Å². The Labute approximate surface area is 133 Å². The summed E-state index contributed by atoms with van der Waals surface area (Å²) in [5.41, 5.74) is -0.0225. The summed E-state index contributed by atoms with van der Waals surface area (Å²) in [4.78, 5) is 4.69. The van der Waals surface area contributed by atoms with Gasteiger partial charge in [0.25, 0.3) is 0 Å². The molecule has 0 atom stereocenters. The van der Waals surface area contributed by atoms with Gasteiger partial charge in [-0.1, -0.05) is 37.4 Å². The second-order valence-electron chi connectivity index (χ2n) is 5.95. The second kappa shape index (κ2) is 8.92. The number of halogens is 2. The lowest BCUT2D eigenvalue weighted by atomic mass is 9.96. The van der Waals surface area contributed by atoms with E-state index in [1.54, 1.807) is 0 Å². The van der Waals surface area contributed by atoms with Crippen molar-refractivity contribution in [3.05, 3.63) is 11.6 Å². The maximum atomic E-state index is 8.60. The molecule has 0 spiro atoms. The Hall–Kier alpha value is -0.370. The largest absolute Gasteiger partial charge is 0.365 e. The standard InChI is InChI=1S/C13H23ClN2.ClHO4/c1-10(14)12(16-13(2,3)4)15-11-8-6-5-7-9-11;2-1(3,4)5/h11H,1,5-9H2,2-4H3,(H,15,16);(H,2,3,4,5). The van der Waals surface area contributed by atoms with Crippen LogP contribution < -0.4 is 19.3 Å². The number of rotatable bonds is 2. The average Bonchev–Trinajstić information content (AvgIpc) is 2.25. The highest BCUT2D eigenvalue weighted by Gasteiger charge is 2.17. The van der Waals surface area contributed by atoms with Crippen molar-refractivity contribution in [2.45, 2.75) is 64.5 Å². The maximum absolute atomic E-state index is 8.60. The zero-order valence-electron chi connectivity index (χ0n) is 12.7. The average molecular weight is 343 g/mol. The Kier molecular flexibility index (Phi) is 8.77. The van der Waals surface area contributed by atoms with Crippen LogP contribution in [0.4, 0.5) is 0 Å². The van der Waals surface area contributed by atoms with Crippen molar-refractivity contribution >= 4 is 17.4 Å². The topological polar surface area (TPSA) is 114 Å². The fraction of sp³-hybridized carbons (Fsp3) is 0.769. The van der Waals surface area contributed by atoms with Gasteiger partial charge in [0, 0.05) is 5.54 Å². The van der Waals surface area contributed by atoms with Gasteiger partial charge in [-0.15, -0.1) is 0 Å². The van der Waals surface area contributed by atoms with Crippen LogP contribution in [0.2, 0.25) is 0 Å². The highest BCUT2D eigenvalue weighted by atomic mass is 35.7. The van der Waals surface area contributed by atoms with Crippen molar-refractivity contribution < 1.29 is 28.9 Å². The van der Waals surface area contributed by atoms with E-state index in [9.17, 15) is 0 Å². The fourth-order valence-corrected chi connectivity index (χ4v) is 2.01. The van der Waals surface area contributed by atoms with E-state index in [4.69, 9.17) is 35.2 Å². The van der Waals surface area contributed by atoms with Gasteiger partial charge in [0.2, 0.25) is 0 Å². The minimum Gasteiger partial charge on any atom is -0.365 e. The van der Waals surface area contributed by atoms with Gasteiger partial charge in [0.15, 0.2) is 0 Å². The highest BCUT2D eigenvalue weighted by Crippen LogP contribution is 2.21. The maximum Gasteiger partial charge on any atom is 0.140 e. The first-order valence-corrected chi connectivity index (χ1v) is 8.36. The first-order valence-electron chi connectivity index (χ1n) is 6.72. The summed E-state index contributed by atoms with van der Waals surface area (Å²) in [6, 6.07) is 0.425. The van der Waals surface area contributed by atoms with Gasteiger partial charge in [0.05, 0.1) is 26.0 Å². The van der Waals surface area contributed by atoms with E-state index in [2.05, 4.69) is 32.7 Å². The molecule has 0 saturated heterocycles. The van der Waals surface area contributed by atoms with Crippen LogP contribution in [0.5, 0.6) is 0 Å². The van der Waals surface area contributed by atoms with Crippen molar-refractivity contribution in [1.82, 2.24) is 5.32 Å². The molecule has 21 heavy (non-hydrogen) atoms. The number of aliphatic imine (C=N–C) groups is 1. The van der Waals surface area contributed by atoms with E-state index in [-0.39, 0.29) is 5.54 Å². The lowest BCUT2D eigenvalue weighted by Gasteiger charge is -2.25. The first kappa shape index (κ1) is 20.6. The molecule has 0 heterocycles. The van der Waals surface area contributed by atoms with Gasteiger partial charge in [-0.25, -0.2) is 0 Å². The summed E-state index contributed by atoms with van der Waals surface area (Å²) >= 11 is 5.98. The molecule has 0 unspecified atom stereocenters. The molecule has 1 fully saturated rings. The number of hydrogen-bond donors (Lipinski definition) is 2. The zero-order valence-corrected chi connectivity index (χ0v) is 14.2. The van der Waals surface area contributed by atoms with Gasteiger partial charge in [-0.05, 0) is 33.6 Å². The van der Waals surface area contributed by atoms with Crippen molar-refractivity contribution in [2.75, 3.05) is 0 Å². The number of hydrogen-bond acceptors (Lipinski definition) is 5. The van der Waals surface area contributed by atoms with E-state index >= 15 is 0 Å². The number of nitrogens with one attached hydrogen (secondary N) is 1. The summed E-state index contributed by atoms with van der Waals surface area (Å²) in [7, 11) is -4.69. The third-order valence-corrected chi connectivity index (χ3v) is 2.82. The van der Waals surface area contributed by atoms with Crippen molar-refractivity contribution in [1.29, 1.82) is 0 Å². The Morgan fingerprint density at radius 2 is 1.67 bits per heavy atom. The molecule has 0 aromatic carbocycles. The summed E-state index contributed by atoms with van der Waals surface area (Å²) in [5, 5.41) is 3.84. The molecule has 8 heteroatoms. The van der Waals surface area contributed by atoms with E-state index in [1.807, 2.05) is 0 Å². The van der Waals surface area contributed by atoms with Gasteiger partial charge in [-0.3, -0.25) is 4.99 Å². The molecule has 1 rings (SSSR count).